The van der Waals surface area contributed by atoms with E-state index in [9.17, 15) is 4.79 Å². The van der Waals surface area contributed by atoms with Gasteiger partial charge >= 0.3 is 5.97 Å². The van der Waals surface area contributed by atoms with Gasteiger partial charge in [-0.1, -0.05) is 30.3 Å². The highest BCUT2D eigenvalue weighted by molar-refractivity contribution is 5.77. The number of carbonyl (C=O) groups excluding carboxylic acids is 1. The maximum absolute atomic E-state index is 12.2. The molecule has 1 atom stereocenters. The SMILES string of the molecule is CCOC(=O)C(c1ccccc1)N(C)Cc1ccco1. The number of rotatable bonds is 6. The summed E-state index contributed by atoms with van der Waals surface area (Å²) >= 11 is 0. The molecule has 20 heavy (non-hydrogen) atoms. The molecule has 0 aliphatic rings. The summed E-state index contributed by atoms with van der Waals surface area (Å²) in [5.74, 6) is 0.575. The highest BCUT2D eigenvalue weighted by Crippen LogP contribution is 2.23. The Bertz CT molecular complexity index is 522. The molecule has 4 nitrogen and oxygen atoms in total. The Kier molecular flexibility index (Phi) is 4.96. The van der Waals surface area contributed by atoms with Crippen LogP contribution in [0.15, 0.2) is 53.1 Å². The molecule has 1 aromatic heterocycles. The number of hydrogen-bond donors (Lipinski definition) is 0. The first-order chi connectivity index (χ1) is 9.72. The van der Waals surface area contributed by atoms with Crippen molar-refractivity contribution < 1.29 is 13.9 Å². The zero-order chi connectivity index (χ0) is 14.4. The van der Waals surface area contributed by atoms with Crippen LogP contribution in [0.5, 0.6) is 0 Å². The molecule has 1 heterocycles. The van der Waals surface area contributed by atoms with Crippen LogP contribution in [-0.2, 0) is 16.1 Å². The minimum atomic E-state index is -0.429. The van der Waals surface area contributed by atoms with Gasteiger partial charge in [-0.2, -0.15) is 0 Å². The Morgan fingerprint density at radius 2 is 2.00 bits per heavy atom. The van der Waals surface area contributed by atoms with E-state index >= 15 is 0 Å². The van der Waals surface area contributed by atoms with Crippen molar-refractivity contribution in [1.82, 2.24) is 4.90 Å². The van der Waals surface area contributed by atoms with Gasteiger partial charge in [-0.05, 0) is 31.7 Å². The largest absolute Gasteiger partial charge is 0.468 e. The fourth-order valence-electron chi connectivity index (χ4n) is 2.17. The fourth-order valence-corrected chi connectivity index (χ4v) is 2.17. The number of nitrogens with zero attached hydrogens (tertiary/aromatic N) is 1. The molecule has 0 radical (unpaired) electrons. The lowest BCUT2D eigenvalue weighted by Gasteiger charge is -2.25. The summed E-state index contributed by atoms with van der Waals surface area (Å²) in [6, 6.07) is 12.9. The van der Waals surface area contributed by atoms with E-state index in [1.54, 1.807) is 6.26 Å². The van der Waals surface area contributed by atoms with E-state index in [0.29, 0.717) is 13.2 Å². The number of esters is 1. The third-order valence-electron chi connectivity index (χ3n) is 3.05. The lowest BCUT2D eigenvalue weighted by molar-refractivity contribution is -0.149. The summed E-state index contributed by atoms with van der Waals surface area (Å²) in [6.45, 7) is 2.73. The Morgan fingerprint density at radius 1 is 1.25 bits per heavy atom. The summed E-state index contributed by atoms with van der Waals surface area (Å²) in [4.78, 5) is 14.1. The van der Waals surface area contributed by atoms with E-state index in [-0.39, 0.29) is 5.97 Å². The second-order valence-electron chi connectivity index (χ2n) is 4.56. The first-order valence-corrected chi connectivity index (χ1v) is 6.66. The standard InChI is InChI=1S/C16H19NO3/c1-3-19-16(18)15(13-8-5-4-6-9-13)17(2)12-14-10-7-11-20-14/h4-11,15H,3,12H2,1-2H3. The van der Waals surface area contributed by atoms with Crippen LogP contribution in [0.4, 0.5) is 0 Å². The fraction of sp³-hybridized carbons (Fsp3) is 0.312. The second-order valence-corrected chi connectivity index (χ2v) is 4.56. The van der Waals surface area contributed by atoms with Crippen molar-refractivity contribution in [2.75, 3.05) is 13.7 Å². The van der Waals surface area contributed by atoms with E-state index in [2.05, 4.69) is 0 Å². The zero-order valence-electron chi connectivity index (χ0n) is 11.8. The van der Waals surface area contributed by atoms with Crippen molar-refractivity contribution in [3.8, 4) is 0 Å². The number of hydrogen-bond acceptors (Lipinski definition) is 4. The molecule has 0 aliphatic heterocycles. The van der Waals surface area contributed by atoms with Gasteiger partial charge in [0.1, 0.15) is 11.8 Å². The van der Waals surface area contributed by atoms with Gasteiger partial charge in [-0.25, -0.2) is 4.79 Å². The van der Waals surface area contributed by atoms with Crippen molar-refractivity contribution in [1.29, 1.82) is 0 Å². The van der Waals surface area contributed by atoms with E-state index in [1.165, 1.54) is 0 Å². The Balaban J connectivity index is 2.19. The molecule has 106 valence electrons. The van der Waals surface area contributed by atoms with Crippen LogP contribution in [0.25, 0.3) is 0 Å². The minimum absolute atomic E-state index is 0.243. The van der Waals surface area contributed by atoms with Crippen LogP contribution in [-0.4, -0.2) is 24.5 Å². The van der Waals surface area contributed by atoms with Gasteiger partial charge in [0.15, 0.2) is 0 Å². The van der Waals surface area contributed by atoms with Gasteiger partial charge in [-0.15, -0.1) is 0 Å². The average Bonchev–Trinajstić information content (AvgIpc) is 2.93. The quantitative estimate of drug-likeness (QED) is 0.759. The van der Waals surface area contributed by atoms with Gasteiger partial charge in [0, 0.05) is 0 Å². The molecule has 0 N–H and O–H groups in total. The molecule has 0 saturated heterocycles. The van der Waals surface area contributed by atoms with Crippen LogP contribution < -0.4 is 0 Å². The van der Waals surface area contributed by atoms with Crippen LogP contribution in [0, 0.1) is 0 Å². The lowest BCUT2D eigenvalue weighted by atomic mass is 10.1. The summed E-state index contributed by atoms with van der Waals surface area (Å²) < 4.78 is 10.5. The molecule has 4 heteroatoms. The van der Waals surface area contributed by atoms with Crippen LogP contribution in [0.1, 0.15) is 24.3 Å². The topological polar surface area (TPSA) is 42.7 Å². The van der Waals surface area contributed by atoms with Gasteiger partial charge < -0.3 is 9.15 Å². The highest BCUT2D eigenvalue weighted by atomic mass is 16.5. The third kappa shape index (κ3) is 3.48. The van der Waals surface area contributed by atoms with Gasteiger partial charge in [0.25, 0.3) is 0 Å². The number of carbonyl (C=O) groups is 1. The van der Waals surface area contributed by atoms with Crippen molar-refractivity contribution in [2.45, 2.75) is 19.5 Å². The third-order valence-corrected chi connectivity index (χ3v) is 3.05. The summed E-state index contributed by atoms with van der Waals surface area (Å²) in [5.41, 5.74) is 0.917. The average molecular weight is 273 g/mol. The van der Waals surface area contributed by atoms with Crippen molar-refractivity contribution in [2.24, 2.45) is 0 Å². The maximum Gasteiger partial charge on any atom is 0.328 e. The number of benzene rings is 1. The van der Waals surface area contributed by atoms with Gasteiger partial charge in [0.05, 0.1) is 19.4 Å². The molecule has 0 aliphatic carbocycles. The molecule has 0 fully saturated rings. The van der Waals surface area contributed by atoms with Crippen LogP contribution in [0.2, 0.25) is 0 Å². The Labute approximate surface area is 119 Å². The first kappa shape index (κ1) is 14.3. The number of furan rings is 1. The highest BCUT2D eigenvalue weighted by Gasteiger charge is 2.26. The maximum atomic E-state index is 12.2. The second kappa shape index (κ2) is 6.91. The molecular weight excluding hydrogens is 254 g/mol. The number of ether oxygens (including phenoxy) is 1. The molecule has 0 spiro atoms. The molecule has 2 rings (SSSR count). The molecular formula is C16H19NO3. The van der Waals surface area contributed by atoms with E-state index in [4.69, 9.17) is 9.15 Å². The Hall–Kier alpha value is -2.07. The summed E-state index contributed by atoms with van der Waals surface area (Å²) in [7, 11) is 1.89. The van der Waals surface area contributed by atoms with E-state index in [1.807, 2.05) is 61.3 Å². The summed E-state index contributed by atoms with van der Waals surface area (Å²) in [5, 5.41) is 0. The zero-order valence-corrected chi connectivity index (χ0v) is 11.8. The molecule has 1 aromatic carbocycles. The predicted molar refractivity (Wildman–Crippen MR) is 76.0 cm³/mol. The monoisotopic (exact) mass is 273 g/mol. The van der Waals surface area contributed by atoms with Crippen LogP contribution in [0.3, 0.4) is 0 Å². The van der Waals surface area contributed by atoms with E-state index < -0.39 is 6.04 Å². The smallest absolute Gasteiger partial charge is 0.328 e. The number of likely N-dealkylation sites (N-methyl/N-ethyl adjacent to an activating group) is 1. The van der Waals surface area contributed by atoms with Crippen molar-refractivity contribution in [3.63, 3.8) is 0 Å². The minimum Gasteiger partial charge on any atom is -0.468 e. The Morgan fingerprint density at radius 3 is 2.60 bits per heavy atom. The van der Waals surface area contributed by atoms with Gasteiger partial charge in [0.2, 0.25) is 0 Å². The summed E-state index contributed by atoms with van der Waals surface area (Å²) in [6.07, 6.45) is 1.63. The molecule has 0 bridgehead atoms. The normalized spacial score (nSPS) is 12.3. The lowest BCUT2D eigenvalue weighted by Crippen LogP contribution is -2.31. The molecule has 0 amide bonds. The van der Waals surface area contributed by atoms with Crippen molar-refractivity contribution >= 4 is 5.97 Å². The first-order valence-electron chi connectivity index (χ1n) is 6.66. The van der Waals surface area contributed by atoms with Gasteiger partial charge in [-0.3, -0.25) is 4.90 Å². The molecule has 1 unspecified atom stereocenters. The predicted octanol–water partition coefficient (Wildman–Crippen LogP) is 3.02. The van der Waals surface area contributed by atoms with Crippen molar-refractivity contribution in [3.05, 3.63) is 60.1 Å². The van der Waals surface area contributed by atoms with E-state index in [0.717, 1.165) is 11.3 Å². The van der Waals surface area contributed by atoms with Crippen LogP contribution >= 0.6 is 0 Å². The molecule has 0 saturated carbocycles. The molecule has 2 aromatic rings.